The van der Waals surface area contributed by atoms with Crippen LogP contribution in [0, 0.1) is 13.8 Å². The topological polar surface area (TPSA) is 108 Å². The molecule has 0 unspecified atom stereocenters. The standard InChI is InChI=1S/C23H24N6O3S/c1-13-11-24-21(26-13)17-7-5-15(9-19(17)31-3)28-23(30)29(33)16-6-8-18(20(10-16)32-4)22-25-12-14(2)27-22/h5-12,33H,1-4H3,(H,24,26)(H,25,27)(H,28,30). The molecule has 10 heteroatoms. The summed E-state index contributed by atoms with van der Waals surface area (Å²) in [5, 5.41) is 2.83. The largest absolute Gasteiger partial charge is 0.496 e. The van der Waals surface area contributed by atoms with Crippen molar-refractivity contribution in [3.8, 4) is 34.3 Å². The zero-order valence-corrected chi connectivity index (χ0v) is 19.5. The molecule has 0 spiro atoms. The number of methoxy groups -OCH3 is 2. The van der Waals surface area contributed by atoms with Crippen LogP contribution in [0.1, 0.15) is 11.4 Å². The molecule has 2 aromatic carbocycles. The lowest BCUT2D eigenvalue weighted by Crippen LogP contribution is -2.26. The maximum atomic E-state index is 12.8. The predicted molar refractivity (Wildman–Crippen MR) is 131 cm³/mol. The van der Waals surface area contributed by atoms with Crippen molar-refractivity contribution in [2.45, 2.75) is 13.8 Å². The van der Waals surface area contributed by atoms with Crippen LogP contribution in [-0.4, -0.2) is 40.2 Å². The molecule has 0 aliphatic carbocycles. The number of thiol groups is 1. The third kappa shape index (κ3) is 4.65. The van der Waals surface area contributed by atoms with E-state index < -0.39 is 6.03 Å². The number of carbonyl (C=O) groups is 1. The van der Waals surface area contributed by atoms with Crippen molar-refractivity contribution in [3.63, 3.8) is 0 Å². The molecule has 4 aromatic rings. The Kier molecular flexibility index (Phi) is 6.27. The highest BCUT2D eigenvalue weighted by atomic mass is 32.1. The van der Waals surface area contributed by atoms with Gasteiger partial charge >= 0.3 is 6.03 Å². The summed E-state index contributed by atoms with van der Waals surface area (Å²) >= 11 is 4.38. The molecule has 0 fully saturated rings. The lowest BCUT2D eigenvalue weighted by atomic mass is 10.1. The van der Waals surface area contributed by atoms with E-state index in [2.05, 4.69) is 38.1 Å². The van der Waals surface area contributed by atoms with Gasteiger partial charge in [-0.3, -0.25) is 0 Å². The van der Waals surface area contributed by atoms with Crippen molar-refractivity contribution in [3.05, 3.63) is 60.2 Å². The smallest absolute Gasteiger partial charge is 0.336 e. The lowest BCUT2D eigenvalue weighted by molar-refractivity contribution is 0.260. The van der Waals surface area contributed by atoms with E-state index in [9.17, 15) is 4.79 Å². The molecule has 33 heavy (non-hydrogen) atoms. The van der Waals surface area contributed by atoms with Gasteiger partial charge in [-0.1, -0.05) is 12.8 Å². The molecule has 0 atom stereocenters. The number of rotatable bonds is 6. The molecule has 0 saturated heterocycles. The summed E-state index contributed by atoms with van der Waals surface area (Å²) in [7, 11) is 3.13. The highest BCUT2D eigenvalue weighted by Gasteiger charge is 2.18. The number of nitrogens with one attached hydrogen (secondary N) is 3. The number of amides is 2. The number of ether oxygens (including phenoxy) is 2. The van der Waals surface area contributed by atoms with Crippen molar-refractivity contribution >= 4 is 30.2 Å². The van der Waals surface area contributed by atoms with Crippen molar-refractivity contribution in [2.75, 3.05) is 23.8 Å². The van der Waals surface area contributed by atoms with Crippen LogP contribution in [0.25, 0.3) is 22.8 Å². The van der Waals surface area contributed by atoms with Gasteiger partial charge < -0.3 is 24.8 Å². The number of hydrogen-bond acceptors (Lipinski definition) is 6. The van der Waals surface area contributed by atoms with Gasteiger partial charge in [-0.05, 0) is 38.1 Å². The maximum absolute atomic E-state index is 12.8. The summed E-state index contributed by atoms with van der Waals surface area (Å²) in [5.74, 6) is 2.52. The molecule has 170 valence electrons. The van der Waals surface area contributed by atoms with Crippen LogP contribution in [0.5, 0.6) is 11.5 Å². The van der Waals surface area contributed by atoms with Crippen LogP contribution in [0.4, 0.5) is 16.2 Å². The number of urea groups is 1. The molecule has 2 amide bonds. The quantitative estimate of drug-likeness (QED) is 0.301. The zero-order valence-electron chi connectivity index (χ0n) is 18.6. The Morgan fingerprint density at radius 2 is 1.45 bits per heavy atom. The van der Waals surface area contributed by atoms with Crippen molar-refractivity contribution in [1.29, 1.82) is 0 Å². The van der Waals surface area contributed by atoms with E-state index in [4.69, 9.17) is 9.47 Å². The Hall–Kier alpha value is -3.92. The number of imidazole rings is 2. The van der Waals surface area contributed by atoms with E-state index in [-0.39, 0.29) is 0 Å². The number of anilines is 2. The number of H-pyrrole nitrogens is 2. The number of aromatic nitrogens is 4. The molecule has 0 aliphatic rings. The monoisotopic (exact) mass is 464 g/mol. The molecule has 2 aromatic heterocycles. The summed E-state index contributed by atoms with van der Waals surface area (Å²) < 4.78 is 12.2. The van der Waals surface area contributed by atoms with Gasteiger partial charge in [-0.2, -0.15) is 0 Å². The van der Waals surface area contributed by atoms with Gasteiger partial charge in [0.05, 0.1) is 31.0 Å². The van der Waals surface area contributed by atoms with Crippen molar-refractivity contribution in [1.82, 2.24) is 19.9 Å². The molecule has 0 radical (unpaired) electrons. The molecule has 0 bridgehead atoms. The first-order chi connectivity index (χ1) is 15.9. The summed E-state index contributed by atoms with van der Waals surface area (Å²) in [6, 6.07) is 10.2. The van der Waals surface area contributed by atoms with E-state index in [1.54, 1.807) is 50.9 Å². The third-order valence-corrected chi connectivity index (χ3v) is 5.40. The third-order valence-electron chi connectivity index (χ3n) is 4.99. The van der Waals surface area contributed by atoms with Crippen LogP contribution in [0.15, 0.2) is 48.8 Å². The molecule has 0 aliphatic heterocycles. The first kappa shape index (κ1) is 22.3. The number of carbonyl (C=O) groups excluding carboxylic acids is 1. The summed E-state index contributed by atoms with van der Waals surface area (Å²) in [6.07, 6.45) is 3.49. The Balaban J connectivity index is 1.54. The van der Waals surface area contributed by atoms with E-state index in [1.807, 2.05) is 26.0 Å². The Bertz CT molecular complexity index is 1300. The predicted octanol–water partition coefficient (Wildman–Crippen LogP) is 4.98. The minimum absolute atomic E-state index is 0.439. The molecule has 2 heterocycles. The van der Waals surface area contributed by atoms with Crippen LogP contribution in [0.2, 0.25) is 0 Å². The van der Waals surface area contributed by atoms with Gasteiger partial charge in [-0.15, -0.1) is 0 Å². The molecule has 3 N–H and O–H groups in total. The summed E-state index contributed by atoms with van der Waals surface area (Å²) in [5.41, 5.74) is 4.55. The van der Waals surface area contributed by atoms with E-state index in [0.29, 0.717) is 34.5 Å². The number of aromatic amines is 2. The number of aryl methyl sites for hydroxylation is 2. The average molecular weight is 465 g/mol. The van der Waals surface area contributed by atoms with Gasteiger partial charge in [0.2, 0.25) is 0 Å². The van der Waals surface area contributed by atoms with Crippen LogP contribution in [0.3, 0.4) is 0 Å². The first-order valence-corrected chi connectivity index (χ1v) is 10.5. The van der Waals surface area contributed by atoms with Gasteiger partial charge in [0.15, 0.2) is 0 Å². The zero-order chi connectivity index (χ0) is 23.5. The second kappa shape index (κ2) is 9.29. The van der Waals surface area contributed by atoms with Gasteiger partial charge in [0.25, 0.3) is 0 Å². The first-order valence-electron chi connectivity index (χ1n) is 10.1. The summed E-state index contributed by atoms with van der Waals surface area (Å²) in [4.78, 5) is 27.9. The Labute approximate surface area is 196 Å². The number of nitrogens with zero attached hydrogens (tertiary/aromatic N) is 3. The summed E-state index contributed by atoms with van der Waals surface area (Å²) in [6.45, 7) is 3.85. The van der Waals surface area contributed by atoms with Crippen LogP contribution < -0.4 is 19.1 Å². The van der Waals surface area contributed by atoms with Crippen LogP contribution in [-0.2, 0) is 0 Å². The Morgan fingerprint density at radius 1 is 0.909 bits per heavy atom. The number of hydrogen-bond donors (Lipinski definition) is 4. The van der Waals surface area contributed by atoms with E-state index >= 15 is 0 Å². The minimum atomic E-state index is -0.439. The molecule has 0 saturated carbocycles. The maximum Gasteiger partial charge on any atom is 0.336 e. The molecule has 4 rings (SSSR count). The van der Waals surface area contributed by atoms with Crippen molar-refractivity contribution < 1.29 is 14.3 Å². The van der Waals surface area contributed by atoms with Gasteiger partial charge in [0.1, 0.15) is 23.1 Å². The fourth-order valence-electron chi connectivity index (χ4n) is 3.36. The average Bonchev–Trinajstić information content (AvgIpc) is 3.46. The molecular formula is C23H24N6O3S. The molecular weight excluding hydrogens is 440 g/mol. The fraction of sp³-hybridized carbons (Fsp3) is 0.174. The highest BCUT2D eigenvalue weighted by Crippen LogP contribution is 2.34. The highest BCUT2D eigenvalue weighted by molar-refractivity contribution is 7.82. The SMILES string of the molecule is COc1cc(NC(=O)N(S)c2ccc(-c3ncc(C)[nH]3)c(OC)c2)ccc1-c1ncc(C)[nH]1. The fourth-order valence-corrected chi connectivity index (χ4v) is 3.54. The normalized spacial score (nSPS) is 10.7. The van der Waals surface area contributed by atoms with E-state index in [0.717, 1.165) is 22.5 Å². The molecule has 9 nitrogen and oxygen atoms in total. The lowest BCUT2D eigenvalue weighted by Gasteiger charge is -2.19. The van der Waals surface area contributed by atoms with E-state index in [1.165, 1.54) is 4.31 Å². The van der Waals surface area contributed by atoms with Gasteiger partial charge in [-0.25, -0.2) is 19.1 Å². The second-order valence-corrected chi connectivity index (χ2v) is 7.77. The second-order valence-electron chi connectivity index (χ2n) is 7.37. The van der Waals surface area contributed by atoms with Crippen LogP contribution >= 0.6 is 12.8 Å². The number of benzene rings is 2. The van der Waals surface area contributed by atoms with Crippen molar-refractivity contribution in [2.24, 2.45) is 0 Å². The minimum Gasteiger partial charge on any atom is -0.496 e. The Morgan fingerprint density at radius 3 is 1.97 bits per heavy atom. The van der Waals surface area contributed by atoms with Gasteiger partial charge in [0, 0.05) is 41.6 Å².